The van der Waals surface area contributed by atoms with Gasteiger partial charge in [0, 0.05) is 38.8 Å². The maximum Gasteiger partial charge on any atom is 0.266 e. The minimum Gasteiger partial charge on any atom is -0.335 e. The Morgan fingerprint density at radius 1 is 1.17 bits per heavy atom. The zero-order valence-electron chi connectivity index (χ0n) is 13.4. The van der Waals surface area contributed by atoms with Gasteiger partial charge < -0.3 is 4.90 Å². The zero-order valence-corrected chi connectivity index (χ0v) is 15.8. The van der Waals surface area contributed by atoms with Crippen LogP contribution in [0.3, 0.4) is 0 Å². The molecule has 0 aromatic carbocycles. The highest BCUT2D eigenvalue weighted by Crippen LogP contribution is 2.23. The molecule has 0 N–H and O–H groups in total. The first kappa shape index (κ1) is 17.3. The van der Waals surface area contributed by atoms with Crippen LogP contribution in [-0.2, 0) is 6.54 Å². The Labute approximate surface area is 152 Å². The largest absolute Gasteiger partial charge is 0.335 e. The van der Waals surface area contributed by atoms with E-state index >= 15 is 0 Å². The van der Waals surface area contributed by atoms with E-state index in [1.54, 1.807) is 12.1 Å². The second-order valence-corrected chi connectivity index (χ2v) is 8.24. The number of piperazine rings is 1. The first-order valence-electron chi connectivity index (χ1n) is 7.85. The van der Waals surface area contributed by atoms with Crippen molar-refractivity contribution >= 4 is 33.2 Å². The summed E-state index contributed by atoms with van der Waals surface area (Å²) in [5.41, 5.74) is 0.768. The van der Waals surface area contributed by atoms with Gasteiger partial charge in [-0.3, -0.25) is 14.5 Å². The highest BCUT2D eigenvalue weighted by atomic mass is 79.9. The molecule has 0 atom stereocenters. The van der Waals surface area contributed by atoms with Gasteiger partial charge in [0.15, 0.2) is 0 Å². The van der Waals surface area contributed by atoms with Crippen LogP contribution in [-0.4, -0.2) is 58.2 Å². The molecule has 1 fully saturated rings. The van der Waals surface area contributed by atoms with E-state index in [9.17, 15) is 9.59 Å². The van der Waals surface area contributed by atoms with Gasteiger partial charge in [-0.2, -0.15) is 5.10 Å². The van der Waals surface area contributed by atoms with Crippen molar-refractivity contribution in [1.82, 2.24) is 19.6 Å². The van der Waals surface area contributed by atoms with Gasteiger partial charge in [0.2, 0.25) is 0 Å². The van der Waals surface area contributed by atoms with Crippen molar-refractivity contribution in [3.05, 3.63) is 49.0 Å². The average molecular weight is 411 g/mol. The Morgan fingerprint density at radius 3 is 2.58 bits per heavy atom. The second kappa shape index (κ2) is 7.58. The Morgan fingerprint density at radius 2 is 1.92 bits per heavy atom. The maximum absolute atomic E-state index is 12.4. The third kappa shape index (κ3) is 4.12. The van der Waals surface area contributed by atoms with Gasteiger partial charge >= 0.3 is 0 Å². The van der Waals surface area contributed by atoms with E-state index < -0.39 is 0 Å². The van der Waals surface area contributed by atoms with E-state index in [0.717, 1.165) is 34.0 Å². The molecule has 1 saturated heterocycles. The number of rotatable bonds is 4. The molecule has 3 rings (SSSR count). The van der Waals surface area contributed by atoms with Gasteiger partial charge in [-0.1, -0.05) is 0 Å². The Balaban J connectivity index is 1.51. The minimum absolute atomic E-state index is 0.0716. The summed E-state index contributed by atoms with van der Waals surface area (Å²) in [5, 5.41) is 4.25. The molecule has 6 nitrogen and oxygen atoms in total. The lowest BCUT2D eigenvalue weighted by atomic mass is 10.3. The molecule has 0 unspecified atom stereocenters. The van der Waals surface area contributed by atoms with Crippen LogP contribution in [0.25, 0.3) is 0 Å². The summed E-state index contributed by atoms with van der Waals surface area (Å²) >= 11 is 4.86. The number of carbonyl (C=O) groups excluding carboxylic acids is 1. The number of hydrogen-bond donors (Lipinski definition) is 0. The predicted molar refractivity (Wildman–Crippen MR) is 97.6 cm³/mol. The van der Waals surface area contributed by atoms with Crippen molar-refractivity contribution in [1.29, 1.82) is 0 Å². The van der Waals surface area contributed by atoms with E-state index in [4.69, 9.17) is 0 Å². The SMILES string of the molecule is Cc1ccc(=O)n(CCN2CCN(C(=O)c3ccc(Br)s3)CC2)n1. The number of aryl methyl sites for hydroxylation is 1. The quantitative estimate of drug-likeness (QED) is 0.771. The zero-order chi connectivity index (χ0) is 17.1. The van der Waals surface area contributed by atoms with Gasteiger partial charge in [0.05, 0.1) is 20.9 Å². The van der Waals surface area contributed by atoms with Crippen molar-refractivity contribution in [3.63, 3.8) is 0 Å². The summed E-state index contributed by atoms with van der Waals surface area (Å²) in [6, 6.07) is 7.05. The number of aromatic nitrogens is 2. The van der Waals surface area contributed by atoms with E-state index in [2.05, 4.69) is 25.9 Å². The lowest BCUT2D eigenvalue weighted by Crippen LogP contribution is -2.49. The van der Waals surface area contributed by atoms with Crippen molar-refractivity contribution < 1.29 is 4.79 Å². The molecule has 2 aromatic heterocycles. The first-order valence-corrected chi connectivity index (χ1v) is 9.45. The topological polar surface area (TPSA) is 58.4 Å². The van der Waals surface area contributed by atoms with Crippen molar-refractivity contribution in [2.45, 2.75) is 13.5 Å². The van der Waals surface area contributed by atoms with Gasteiger partial charge in [0.1, 0.15) is 0 Å². The highest BCUT2D eigenvalue weighted by molar-refractivity contribution is 9.11. The fourth-order valence-electron chi connectivity index (χ4n) is 2.71. The molecule has 128 valence electrons. The lowest BCUT2D eigenvalue weighted by Gasteiger charge is -2.34. The van der Waals surface area contributed by atoms with E-state index in [-0.39, 0.29) is 11.5 Å². The van der Waals surface area contributed by atoms with Gasteiger partial charge in [-0.05, 0) is 41.1 Å². The van der Waals surface area contributed by atoms with E-state index in [1.165, 1.54) is 16.0 Å². The third-order valence-corrected chi connectivity index (χ3v) is 5.68. The summed E-state index contributed by atoms with van der Waals surface area (Å²) < 4.78 is 2.48. The summed E-state index contributed by atoms with van der Waals surface area (Å²) in [6.45, 7) is 6.28. The van der Waals surface area contributed by atoms with Crippen molar-refractivity contribution in [2.24, 2.45) is 0 Å². The molecular weight excluding hydrogens is 392 g/mol. The lowest BCUT2D eigenvalue weighted by molar-refractivity contribution is 0.0636. The molecule has 0 saturated carbocycles. The standard InChI is InChI=1S/C16H19BrN4O2S/c1-12-2-5-15(22)21(18-12)11-8-19-6-9-20(10-7-19)16(23)13-3-4-14(17)24-13/h2-5H,6-11H2,1H3. The first-order chi connectivity index (χ1) is 11.5. The third-order valence-electron chi connectivity index (χ3n) is 4.07. The van der Waals surface area contributed by atoms with Crippen molar-refractivity contribution in [3.8, 4) is 0 Å². The fraction of sp³-hybridized carbons (Fsp3) is 0.438. The van der Waals surface area contributed by atoms with Gasteiger partial charge in [-0.25, -0.2) is 4.68 Å². The average Bonchev–Trinajstić information content (AvgIpc) is 3.02. The summed E-state index contributed by atoms with van der Waals surface area (Å²) in [5.74, 6) is 0.0990. The molecule has 1 amide bonds. The van der Waals surface area contributed by atoms with E-state index in [1.807, 2.05) is 24.0 Å². The molecule has 0 aliphatic carbocycles. The van der Waals surface area contributed by atoms with E-state index in [0.29, 0.717) is 19.6 Å². The number of hydrogen-bond acceptors (Lipinski definition) is 5. The number of amides is 1. The molecular formula is C16H19BrN4O2S. The Kier molecular flexibility index (Phi) is 5.47. The van der Waals surface area contributed by atoms with Crippen LogP contribution in [0.1, 0.15) is 15.4 Å². The monoisotopic (exact) mass is 410 g/mol. The molecule has 1 aliphatic heterocycles. The Bertz CT molecular complexity index is 780. The molecule has 3 heterocycles. The second-order valence-electron chi connectivity index (χ2n) is 5.77. The van der Waals surface area contributed by atoms with Crippen LogP contribution in [0, 0.1) is 6.92 Å². The number of thiophene rings is 1. The summed E-state index contributed by atoms with van der Waals surface area (Å²) in [7, 11) is 0. The highest BCUT2D eigenvalue weighted by Gasteiger charge is 2.23. The van der Waals surface area contributed by atoms with Crippen LogP contribution in [0.4, 0.5) is 0 Å². The van der Waals surface area contributed by atoms with Crippen LogP contribution < -0.4 is 5.56 Å². The molecule has 1 aliphatic rings. The minimum atomic E-state index is -0.0716. The van der Waals surface area contributed by atoms with Crippen molar-refractivity contribution in [2.75, 3.05) is 32.7 Å². The van der Waals surface area contributed by atoms with Crippen LogP contribution in [0.15, 0.2) is 32.8 Å². The van der Waals surface area contributed by atoms with Gasteiger partial charge in [0.25, 0.3) is 11.5 Å². The van der Waals surface area contributed by atoms with Gasteiger partial charge in [-0.15, -0.1) is 11.3 Å². The molecule has 0 radical (unpaired) electrons. The summed E-state index contributed by atoms with van der Waals surface area (Å²) in [6.07, 6.45) is 0. The molecule has 0 bridgehead atoms. The smallest absolute Gasteiger partial charge is 0.266 e. The molecule has 8 heteroatoms. The van der Waals surface area contributed by atoms with Crippen LogP contribution in [0.2, 0.25) is 0 Å². The van der Waals surface area contributed by atoms with Crippen LogP contribution in [0.5, 0.6) is 0 Å². The Hall–Kier alpha value is -1.51. The predicted octanol–water partition coefficient (Wildman–Crippen LogP) is 1.83. The normalized spacial score (nSPS) is 15.7. The molecule has 2 aromatic rings. The summed E-state index contributed by atoms with van der Waals surface area (Å²) in [4.78, 5) is 29.1. The number of carbonyl (C=O) groups is 1. The maximum atomic E-state index is 12.4. The molecule has 0 spiro atoms. The number of nitrogens with zero attached hydrogens (tertiary/aromatic N) is 4. The number of halogens is 1. The van der Waals surface area contributed by atoms with Crippen LogP contribution >= 0.6 is 27.3 Å². The fourth-order valence-corrected chi connectivity index (χ4v) is 4.06. The molecule has 24 heavy (non-hydrogen) atoms.